The van der Waals surface area contributed by atoms with E-state index < -0.39 is 11.9 Å². The highest BCUT2D eigenvalue weighted by Gasteiger charge is 2.36. The summed E-state index contributed by atoms with van der Waals surface area (Å²) in [5, 5.41) is 5.78. The fourth-order valence-electron chi connectivity index (χ4n) is 4.17. The number of alkyl halides is 3. The Morgan fingerprint density at radius 3 is 2.53 bits per heavy atom. The van der Waals surface area contributed by atoms with Crippen LogP contribution in [-0.2, 0) is 12.7 Å². The fraction of sp³-hybridized carbons (Fsp3) is 0.292. The molecule has 1 aliphatic rings. The average molecular weight is 486 g/mol. The van der Waals surface area contributed by atoms with E-state index in [0.29, 0.717) is 31.1 Å². The Kier molecular flexibility index (Phi) is 5.86. The Bertz CT molecular complexity index is 1320. The molecule has 0 spiro atoms. The van der Waals surface area contributed by atoms with E-state index in [-0.39, 0.29) is 22.9 Å². The number of carbonyl (C=O) groups excluding carboxylic acids is 1. The van der Waals surface area contributed by atoms with Gasteiger partial charge in [-0.2, -0.15) is 18.3 Å². The standard InChI is InChI=1S/C24H22F3N5OS/c1-16-4-2-5-17(12-16)15-30-7-9-31(10-8-30)23(33)19-14-22-28-18(20-6-3-11-34-20)13-21(24(25,26)27)32(22)29-19/h2-6,11-14H,7-10,15H2,1H3. The van der Waals surface area contributed by atoms with E-state index in [0.717, 1.165) is 17.1 Å². The number of thiophene rings is 1. The molecular formula is C24H22F3N5OS. The molecule has 1 aliphatic heterocycles. The molecule has 1 fully saturated rings. The first-order valence-corrected chi connectivity index (χ1v) is 11.7. The summed E-state index contributed by atoms with van der Waals surface area (Å²) in [4.78, 5) is 21.9. The molecule has 0 saturated carbocycles. The van der Waals surface area contributed by atoms with Gasteiger partial charge in [0.05, 0.1) is 10.6 Å². The smallest absolute Gasteiger partial charge is 0.335 e. The van der Waals surface area contributed by atoms with Crippen molar-refractivity contribution in [3.8, 4) is 10.6 Å². The van der Waals surface area contributed by atoms with Gasteiger partial charge in [0.2, 0.25) is 0 Å². The van der Waals surface area contributed by atoms with E-state index in [9.17, 15) is 18.0 Å². The Morgan fingerprint density at radius 1 is 1.06 bits per heavy atom. The second-order valence-corrected chi connectivity index (χ2v) is 9.31. The number of aromatic nitrogens is 3. The highest BCUT2D eigenvalue weighted by molar-refractivity contribution is 7.13. The van der Waals surface area contributed by atoms with Crippen LogP contribution in [0.1, 0.15) is 27.3 Å². The number of halogens is 3. The maximum atomic E-state index is 13.8. The summed E-state index contributed by atoms with van der Waals surface area (Å²) in [5.41, 5.74) is 1.63. The van der Waals surface area contributed by atoms with Gasteiger partial charge in [0, 0.05) is 38.8 Å². The van der Waals surface area contributed by atoms with Gasteiger partial charge in [-0.15, -0.1) is 11.3 Å². The minimum absolute atomic E-state index is 0.000316. The van der Waals surface area contributed by atoms with Gasteiger partial charge in [0.1, 0.15) is 0 Å². The summed E-state index contributed by atoms with van der Waals surface area (Å²) in [7, 11) is 0. The third-order valence-corrected chi connectivity index (χ3v) is 6.75. The molecule has 1 amide bonds. The number of aryl methyl sites for hydroxylation is 1. The van der Waals surface area contributed by atoms with Crippen molar-refractivity contribution in [1.29, 1.82) is 0 Å². The molecule has 10 heteroatoms. The lowest BCUT2D eigenvalue weighted by molar-refractivity contribution is -0.142. The summed E-state index contributed by atoms with van der Waals surface area (Å²) in [6.07, 6.45) is -4.64. The first-order valence-electron chi connectivity index (χ1n) is 10.9. The third-order valence-electron chi connectivity index (χ3n) is 5.86. The van der Waals surface area contributed by atoms with Crippen LogP contribution in [-0.4, -0.2) is 56.5 Å². The zero-order valence-corrected chi connectivity index (χ0v) is 19.2. The van der Waals surface area contributed by atoms with Crippen LogP contribution in [0.25, 0.3) is 16.2 Å². The number of nitrogens with zero attached hydrogens (tertiary/aromatic N) is 5. The van der Waals surface area contributed by atoms with Crippen molar-refractivity contribution in [2.24, 2.45) is 0 Å². The zero-order valence-electron chi connectivity index (χ0n) is 18.4. The molecule has 0 atom stereocenters. The molecule has 1 aromatic carbocycles. The van der Waals surface area contributed by atoms with Gasteiger partial charge in [0.25, 0.3) is 5.91 Å². The van der Waals surface area contributed by atoms with E-state index in [4.69, 9.17) is 0 Å². The Hall–Kier alpha value is -3.24. The largest absolute Gasteiger partial charge is 0.433 e. The molecule has 3 aromatic heterocycles. The molecule has 0 radical (unpaired) electrons. The number of carbonyl (C=O) groups is 1. The minimum atomic E-state index is -4.64. The number of hydrogen-bond acceptors (Lipinski definition) is 5. The SMILES string of the molecule is Cc1cccc(CN2CCN(C(=O)c3cc4nc(-c5cccs5)cc(C(F)(F)F)n4n3)CC2)c1. The lowest BCUT2D eigenvalue weighted by atomic mass is 10.1. The van der Waals surface area contributed by atoms with Crippen LogP contribution in [0, 0.1) is 6.92 Å². The van der Waals surface area contributed by atoms with Crippen molar-refractivity contribution < 1.29 is 18.0 Å². The van der Waals surface area contributed by atoms with Gasteiger partial charge < -0.3 is 4.90 Å². The van der Waals surface area contributed by atoms with Crippen LogP contribution in [0.2, 0.25) is 0 Å². The molecule has 5 rings (SSSR count). The van der Waals surface area contributed by atoms with E-state index in [2.05, 4.69) is 40.1 Å². The monoisotopic (exact) mass is 485 g/mol. The number of rotatable bonds is 4. The normalized spacial score (nSPS) is 15.2. The van der Waals surface area contributed by atoms with Crippen LogP contribution in [0.15, 0.2) is 53.9 Å². The summed E-state index contributed by atoms with van der Waals surface area (Å²) in [5.74, 6) is -0.383. The summed E-state index contributed by atoms with van der Waals surface area (Å²) < 4.78 is 42.0. The van der Waals surface area contributed by atoms with Crippen LogP contribution in [0.3, 0.4) is 0 Å². The summed E-state index contributed by atoms with van der Waals surface area (Å²) >= 11 is 1.30. The molecule has 176 valence electrons. The van der Waals surface area contributed by atoms with Gasteiger partial charge in [-0.1, -0.05) is 35.9 Å². The van der Waals surface area contributed by atoms with Gasteiger partial charge in [-0.3, -0.25) is 9.69 Å². The third kappa shape index (κ3) is 4.55. The van der Waals surface area contributed by atoms with E-state index in [1.807, 2.05) is 6.07 Å². The van der Waals surface area contributed by atoms with Crippen molar-refractivity contribution >= 4 is 22.9 Å². The molecule has 4 heterocycles. The minimum Gasteiger partial charge on any atom is -0.335 e. The molecule has 6 nitrogen and oxygen atoms in total. The fourth-order valence-corrected chi connectivity index (χ4v) is 4.86. The predicted octanol–water partition coefficient (Wildman–Crippen LogP) is 4.74. The van der Waals surface area contributed by atoms with Crippen molar-refractivity contribution in [1.82, 2.24) is 24.4 Å². The zero-order chi connectivity index (χ0) is 23.9. The van der Waals surface area contributed by atoms with Gasteiger partial charge in [0.15, 0.2) is 17.0 Å². The maximum Gasteiger partial charge on any atom is 0.433 e. The molecule has 0 N–H and O–H groups in total. The van der Waals surface area contributed by atoms with Crippen LogP contribution in [0.4, 0.5) is 13.2 Å². The molecule has 4 aromatic rings. The Morgan fingerprint density at radius 2 is 1.85 bits per heavy atom. The van der Waals surface area contributed by atoms with Crippen molar-refractivity contribution in [2.45, 2.75) is 19.6 Å². The van der Waals surface area contributed by atoms with Crippen LogP contribution >= 0.6 is 11.3 Å². The van der Waals surface area contributed by atoms with Crippen LogP contribution in [0.5, 0.6) is 0 Å². The molecule has 0 unspecified atom stereocenters. The molecule has 0 bridgehead atoms. The van der Waals surface area contributed by atoms with Gasteiger partial charge in [-0.25, -0.2) is 9.50 Å². The number of hydrogen-bond donors (Lipinski definition) is 0. The Labute approximate surface area is 198 Å². The lowest BCUT2D eigenvalue weighted by Gasteiger charge is -2.34. The Balaban J connectivity index is 1.35. The second kappa shape index (κ2) is 8.84. The van der Waals surface area contributed by atoms with E-state index in [1.165, 1.54) is 28.5 Å². The number of fused-ring (bicyclic) bond motifs is 1. The number of piperazine rings is 1. The van der Waals surface area contributed by atoms with E-state index in [1.54, 1.807) is 22.4 Å². The summed E-state index contributed by atoms with van der Waals surface area (Å²) in [6, 6.07) is 14.1. The highest BCUT2D eigenvalue weighted by Crippen LogP contribution is 2.33. The topological polar surface area (TPSA) is 53.7 Å². The molecular weight excluding hydrogens is 463 g/mol. The van der Waals surface area contributed by atoms with Crippen molar-refractivity contribution in [3.63, 3.8) is 0 Å². The first kappa shape index (κ1) is 22.5. The quantitative estimate of drug-likeness (QED) is 0.419. The highest BCUT2D eigenvalue weighted by atomic mass is 32.1. The van der Waals surface area contributed by atoms with Crippen molar-refractivity contribution in [2.75, 3.05) is 26.2 Å². The molecule has 0 aliphatic carbocycles. The van der Waals surface area contributed by atoms with Crippen LogP contribution < -0.4 is 0 Å². The predicted molar refractivity (Wildman–Crippen MR) is 124 cm³/mol. The maximum absolute atomic E-state index is 13.8. The number of benzene rings is 1. The molecule has 1 saturated heterocycles. The van der Waals surface area contributed by atoms with Gasteiger partial charge in [-0.05, 0) is 30.0 Å². The summed E-state index contributed by atoms with van der Waals surface area (Å²) in [6.45, 7) is 5.18. The first-order chi connectivity index (χ1) is 16.3. The molecule has 34 heavy (non-hydrogen) atoms. The number of amides is 1. The van der Waals surface area contributed by atoms with Crippen molar-refractivity contribution in [3.05, 3.63) is 76.4 Å². The van der Waals surface area contributed by atoms with E-state index >= 15 is 0 Å². The second-order valence-electron chi connectivity index (χ2n) is 8.36. The lowest BCUT2D eigenvalue weighted by Crippen LogP contribution is -2.48. The average Bonchev–Trinajstić information content (AvgIpc) is 3.48. The van der Waals surface area contributed by atoms with Gasteiger partial charge >= 0.3 is 6.18 Å².